The maximum Gasteiger partial charge on any atom is 0.163 e. The average Bonchev–Trinajstić information content (AvgIpc) is 3.01. The van der Waals surface area contributed by atoms with Crippen molar-refractivity contribution in [2.45, 2.75) is 38.0 Å². The van der Waals surface area contributed by atoms with E-state index in [1.165, 1.54) is 24.0 Å². The van der Waals surface area contributed by atoms with E-state index in [0.29, 0.717) is 11.7 Å². The second-order valence-corrected chi connectivity index (χ2v) is 4.43. The molecule has 1 aromatic carbocycles. The van der Waals surface area contributed by atoms with Crippen molar-refractivity contribution in [2.75, 3.05) is 0 Å². The Kier molecular flexibility index (Phi) is 1.73. The van der Waals surface area contributed by atoms with E-state index in [0.717, 1.165) is 24.8 Å². The highest BCUT2D eigenvalue weighted by atomic mass is 16.1. The van der Waals surface area contributed by atoms with Gasteiger partial charge >= 0.3 is 0 Å². The van der Waals surface area contributed by atoms with Crippen molar-refractivity contribution in [2.24, 2.45) is 0 Å². The van der Waals surface area contributed by atoms with E-state index in [4.69, 9.17) is 0 Å². The van der Waals surface area contributed by atoms with Crippen LogP contribution in [0.15, 0.2) is 18.2 Å². The lowest BCUT2D eigenvalue weighted by Crippen LogP contribution is -2.13. The predicted molar refractivity (Wildman–Crippen MR) is 55.7 cm³/mol. The quantitative estimate of drug-likeness (QED) is 0.658. The van der Waals surface area contributed by atoms with Crippen molar-refractivity contribution in [1.82, 2.24) is 0 Å². The predicted octanol–water partition coefficient (Wildman–Crippen LogP) is 3.08. The fourth-order valence-corrected chi connectivity index (χ4v) is 2.47. The van der Waals surface area contributed by atoms with Gasteiger partial charge in [-0.25, -0.2) is 0 Å². The normalized spacial score (nSPS) is 20.7. The molecule has 0 saturated heterocycles. The molecule has 0 atom stereocenters. The highest BCUT2D eigenvalue weighted by Gasteiger charge is 2.30. The van der Waals surface area contributed by atoms with Gasteiger partial charge < -0.3 is 0 Å². The van der Waals surface area contributed by atoms with Gasteiger partial charge in [0.1, 0.15) is 0 Å². The minimum atomic E-state index is 0.383. The third-order valence-electron chi connectivity index (χ3n) is 3.33. The van der Waals surface area contributed by atoms with E-state index in [1.54, 1.807) is 0 Å². The number of fused-ring (bicyclic) bond motifs is 1. The Morgan fingerprint density at radius 1 is 1.14 bits per heavy atom. The SMILES string of the molecule is O=C1CCCc2cccc(C3CC3)c21. The molecule has 3 rings (SSSR count). The first-order valence-corrected chi connectivity index (χ1v) is 5.51. The number of aryl methyl sites for hydroxylation is 1. The minimum absolute atomic E-state index is 0.383. The number of ketones is 1. The molecule has 0 unspecified atom stereocenters. The van der Waals surface area contributed by atoms with E-state index in [9.17, 15) is 4.79 Å². The smallest absolute Gasteiger partial charge is 0.163 e. The van der Waals surface area contributed by atoms with Crippen LogP contribution in [-0.2, 0) is 6.42 Å². The van der Waals surface area contributed by atoms with Crippen LogP contribution in [-0.4, -0.2) is 5.78 Å². The lowest BCUT2D eigenvalue weighted by molar-refractivity contribution is 0.0971. The molecule has 0 bridgehead atoms. The molecule has 1 nitrogen and oxygen atoms in total. The zero-order valence-electron chi connectivity index (χ0n) is 8.25. The van der Waals surface area contributed by atoms with E-state index in [1.807, 2.05) is 0 Å². The molecule has 2 aliphatic carbocycles. The summed E-state index contributed by atoms with van der Waals surface area (Å²) in [5.74, 6) is 1.08. The minimum Gasteiger partial charge on any atom is -0.294 e. The highest BCUT2D eigenvalue weighted by Crippen LogP contribution is 2.43. The Morgan fingerprint density at radius 3 is 2.79 bits per heavy atom. The molecule has 1 fully saturated rings. The van der Waals surface area contributed by atoms with Crippen LogP contribution in [0.4, 0.5) is 0 Å². The molecule has 0 aromatic heterocycles. The van der Waals surface area contributed by atoms with Gasteiger partial charge in [0.05, 0.1) is 0 Å². The van der Waals surface area contributed by atoms with Crippen molar-refractivity contribution < 1.29 is 4.79 Å². The molecule has 1 aromatic rings. The summed E-state index contributed by atoms with van der Waals surface area (Å²) in [7, 11) is 0. The van der Waals surface area contributed by atoms with Gasteiger partial charge in [-0.1, -0.05) is 18.2 Å². The van der Waals surface area contributed by atoms with E-state index < -0.39 is 0 Å². The molecule has 0 heterocycles. The van der Waals surface area contributed by atoms with Crippen LogP contribution >= 0.6 is 0 Å². The molecule has 14 heavy (non-hydrogen) atoms. The first-order chi connectivity index (χ1) is 6.86. The monoisotopic (exact) mass is 186 g/mol. The summed E-state index contributed by atoms with van der Waals surface area (Å²) in [4.78, 5) is 11.8. The highest BCUT2D eigenvalue weighted by molar-refractivity contribution is 6.00. The Morgan fingerprint density at radius 2 is 2.00 bits per heavy atom. The maximum absolute atomic E-state index is 11.8. The molecular formula is C13H14O. The number of Topliss-reactive ketones (excluding diaryl/α,β-unsaturated/α-hetero) is 1. The van der Waals surface area contributed by atoms with Gasteiger partial charge in [0, 0.05) is 12.0 Å². The van der Waals surface area contributed by atoms with Crippen molar-refractivity contribution >= 4 is 5.78 Å². The Bertz CT molecular complexity index is 388. The molecule has 0 spiro atoms. The summed E-state index contributed by atoms with van der Waals surface area (Å²) >= 11 is 0. The van der Waals surface area contributed by atoms with Crippen LogP contribution in [0.2, 0.25) is 0 Å². The summed E-state index contributed by atoms with van der Waals surface area (Å²) in [5.41, 5.74) is 3.72. The van der Waals surface area contributed by atoms with E-state index in [2.05, 4.69) is 18.2 Å². The fraction of sp³-hybridized carbons (Fsp3) is 0.462. The number of carbonyl (C=O) groups is 1. The number of hydrogen-bond donors (Lipinski definition) is 0. The topological polar surface area (TPSA) is 17.1 Å². The van der Waals surface area contributed by atoms with E-state index >= 15 is 0 Å². The lowest BCUT2D eigenvalue weighted by atomic mass is 9.86. The zero-order valence-corrected chi connectivity index (χ0v) is 8.25. The molecule has 0 amide bonds. The van der Waals surface area contributed by atoms with Crippen LogP contribution in [0, 0.1) is 0 Å². The summed E-state index contributed by atoms with van der Waals surface area (Å²) in [6.07, 6.45) is 5.46. The zero-order chi connectivity index (χ0) is 9.54. The largest absolute Gasteiger partial charge is 0.294 e. The van der Waals surface area contributed by atoms with Gasteiger partial charge in [0.15, 0.2) is 5.78 Å². The van der Waals surface area contributed by atoms with Crippen LogP contribution < -0.4 is 0 Å². The standard InChI is InChI=1S/C13H14O/c14-12-6-2-4-10-3-1-5-11(13(10)12)9-7-8-9/h1,3,5,9H,2,4,6-8H2. The van der Waals surface area contributed by atoms with Crippen molar-refractivity contribution in [1.29, 1.82) is 0 Å². The fourth-order valence-electron chi connectivity index (χ4n) is 2.47. The molecule has 0 aliphatic heterocycles. The van der Waals surface area contributed by atoms with Gasteiger partial charge in [-0.15, -0.1) is 0 Å². The number of rotatable bonds is 1. The number of benzene rings is 1. The second-order valence-electron chi connectivity index (χ2n) is 4.43. The molecule has 2 aliphatic rings. The third kappa shape index (κ3) is 1.19. The molecule has 1 saturated carbocycles. The first-order valence-electron chi connectivity index (χ1n) is 5.51. The van der Waals surface area contributed by atoms with Gasteiger partial charge in [-0.05, 0) is 42.7 Å². The summed E-state index contributed by atoms with van der Waals surface area (Å²) in [5, 5.41) is 0. The third-order valence-corrected chi connectivity index (χ3v) is 3.33. The summed E-state index contributed by atoms with van der Waals surface area (Å²) in [6, 6.07) is 6.39. The Labute approximate surface area is 84.1 Å². The van der Waals surface area contributed by atoms with Gasteiger partial charge in [-0.3, -0.25) is 4.79 Å². The second kappa shape index (κ2) is 2.94. The molecule has 0 N–H and O–H groups in total. The van der Waals surface area contributed by atoms with Crippen LogP contribution in [0.5, 0.6) is 0 Å². The Hall–Kier alpha value is -1.11. The van der Waals surface area contributed by atoms with Crippen molar-refractivity contribution in [3.8, 4) is 0 Å². The van der Waals surface area contributed by atoms with Crippen LogP contribution in [0.1, 0.15) is 53.1 Å². The number of hydrogen-bond acceptors (Lipinski definition) is 1. The summed E-state index contributed by atoms with van der Waals surface area (Å²) in [6.45, 7) is 0. The van der Waals surface area contributed by atoms with Gasteiger partial charge in [0.25, 0.3) is 0 Å². The summed E-state index contributed by atoms with van der Waals surface area (Å²) < 4.78 is 0. The number of carbonyl (C=O) groups excluding carboxylic acids is 1. The Balaban J connectivity index is 2.16. The van der Waals surface area contributed by atoms with Crippen molar-refractivity contribution in [3.63, 3.8) is 0 Å². The molecule has 1 heteroatoms. The molecular weight excluding hydrogens is 172 g/mol. The van der Waals surface area contributed by atoms with Crippen LogP contribution in [0.3, 0.4) is 0 Å². The maximum atomic E-state index is 11.8. The molecule has 0 radical (unpaired) electrons. The van der Waals surface area contributed by atoms with Gasteiger partial charge in [-0.2, -0.15) is 0 Å². The van der Waals surface area contributed by atoms with Crippen LogP contribution in [0.25, 0.3) is 0 Å². The van der Waals surface area contributed by atoms with Gasteiger partial charge in [0.2, 0.25) is 0 Å². The first kappa shape index (κ1) is 8.22. The average molecular weight is 186 g/mol. The lowest BCUT2D eigenvalue weighted by Gasteiger charge is -2.17. The molecule has 72 valence electrons. The van der Waals surface area contributed by atoms with E-state index in [-0.39, 0.29) is 0 Å². The van der Waals surface area contributed by atoms with Crippen molar-refractivity contribution in [3.05, 3.63) is 34.9 Å².